The molecule has 2 atom stereocenters. The van der Waals surface area contributed by atoms with Crippen LogP contribution in [0, 0.1) is 0 Å². The summed E-state index contributed by atoms with van der Waals surface area (Å²) in [5.74, 6) is -0.492. The lowest BCUT2D eigenvalue weighted by Crippen LogP contribution is -2.39. The number of ether oxygens (including phenoxy) is 1. The van der Waals surface area contributed by atoms with Crippen LogP contribution in [0.2, 0.25) is 0 Å². The summed E-state index contributed by atoms with van der Waals surface area (Å²) in [6, 6.07) is 8.43. The van der Waals surface area contributed by atoms with Gasteiger partial charge in [-0.25, -0.2) is 8.42 Å². The number of carbonyl (C=O) groups excluding carboxylic acids is 2. The topological polar surface area (TPSA) is 80.8 Å². The number of nitrogens with zero attached hydrogens (tertiary/aromatic N) is 1. The van der Waals surface area contributed by atoms with Crippen molar-refractivity contribution in [1.29, 1.82) is 0 Å². The molecule has 1 heterocycles. The Labute approximate surface area is 238 Å². The third kappa shape index (κ3) is 12.9. The van der Waals surface area contributed by atoms with E-state index in [0.29, 0.717) is 6.42 Å². The molecule has 6 nitrogen and oxygen atoms in total. The number of esters is 1. The molecule has 222 valence electrons. The summed E-state index contributed by atoms with van der Waals surface area (Å²) in [4.78, 5) is 26.8. The highest BCUT2D eigenvalue weighted by atomic mass is 32.2. The van der Waals surface area contributed by atoms with Crippen molar-refractivity contribution in [3.8, 4) is 0 Å². The van der Waals surface area contributed by atoms with Gasteiger partial charge in [0.05, 0.1) is 4.90 Å². The average Bonchev–Trinajstić information content (AvgIpc) is 3.47. The Morgan fingerprint density at radius 1 is 0.795 bits per heavy atom. The number of hydrogen-bond donors (Lipinski definition) is 0. The molecule has 1 aliphatic rings. The molecule has 0 aromatic heterocycles. The molecule has 0 N–H and O–H groups in total. The van der Waals surface area contributed by atoms with E-state index in [9.17, 15) is 18.0 Å². The quantitative estimate of drug-likeness (QED) is 0.113. The zero-order chi connectivity index (χ0) is 28.3. The van der Waals surface area contributed by atoms with E-state index < -0.39 is 27.2 Å². The largest absolute Gasteiger partial charge is 0.461 e. The van der Waals surface area contributed by atoms with Gasteiger partial charge in [-0.15, -0.1) is 0 Å². The molecule has 0 bridgehead atoms. The molecule has 0 spiro atoms. The van der Waals surface area contributed by atoms with E-state index in [4.69, 9.17) is 4.74 Å². The Hall–Kier alpha value is -1.89. The first-order valence-electron chi connectivity index (χ1n) is 15.6. The lowest BCUT2D eigenvalue weighted by molar-refractivity contribution is -0.148. The van der Waals surface area contributed by atoms with Crippen LogP contribution < -0.4 is 0 Å². The third-order valence-corrected chi connectivity index (χ3v) is 10.2. The predicted molar refractivity (Wildman–Crippen MR) is 158 cm³/mol. The fourth-order valence-electron chi connectivity index (χ4n) is 5.61. The summed E-state index contributed by atoms with van der Waals surface area (Å²) in [5.41, 5.74) is 0. The maximum absolute atomic E-state index is 13.7. The van der Waals surface area contributed by atoms with Crippen LogP contribution in [0.3, 0.4) is 0 Å². The van der Waals surface area contributed by atoms with Crippen molar-refractivity contribution in [2.75, 3.05) is 13.1 Å². The molecule has 1 aromatic carbocycles. The monoisotopic (exact) mass is 563 g/mol. The Bertz CT molecular complexity index is 912. The van der Waals surface area contributed by atoms with Crippen molar-refractivity contribution in [2.45, 2.75) is 146 Å². The standard InChI is InChI=1S/C32H53NO5S/c1-3-4-5-6-7-8-9-10-11-12-13-14-18-23-31(39(36,37)29-21-16-15-17-22-29)30(38-28(2)34)24-25-32(35)33-26-19-20-27-33/h15-17,21-22,30-31H,3-14,18-20,23-27H2,1-2H3. The highest BCUT2D eigenvalue weighted by molar-refractivity contribution is 7.92. The lowest BCUT2D eigenvalue weighted by Gasteiger charge is -2.27. The van der Waals surface area contributed by atoms with Crippen LogP contribution in [0.25, 0.3) is 0 Å². The van der Waals surface area contributed by atoms with Gasteiger partial charge < -0.3 is 9.64 Å². The molecular weight excluding hydrogens is 510 g/mol. The van der Waals surface area contributed by atoms with Gasteiger partial charge in [-0.1, -0.05) is 109 Å². The molecule has 2 rings (SSSR count). The number of amides is 1. The van der Waals surface area contributed by atoms with Gasteiger partial charge in [0.25, 0.3) is 0 Å². The number of rotatable bonds is 21. The van der Waals surface area contributed by atoms with Gasteiger partial charge >= 0.3 is 5.97 Å². The van der Waals surface area contributed by atoms with E-state index in [1.165, 1.54) is 71.1 Å². The molecule has 2 unspecified atom stereocenters. The van der Waals surface area contributed by atoms with Crippen LogP contribution in [-0.2, 0) is 24.2 Å². The molecule has 1 fully saturated rings. The van der Waals surface area contributed by atoms with Crippen molar-refractivity contribution in [3.63, 3.8) is 0 Å². The van der Waals surface area contributed by atoms with Crippen molar-refractivity contribution in [1.82, 2.24) is 4.90 Å². The smallest absolute Gasteiger partial charge is 0.302 e. The number of likely N-dealkylation sites (tertiary alicyclic amines) is 1. The maximum atomic E-state index is 13.7. The number of hydrogen-bond acceptors (Lipinski definition) is 5. The zero-order valence-corrected chi connectivity index (χ0v) is 25.4. The van der Waals surface area contributed by atoms with Crippen molar-refractivity contribution in [3.05, 3.63) is 30.3 Å². The Morgan fingerprint density at radius 3 is 1.82 bits per heavy atom. The molecule has 1 saturated heterocycles. The van der Waals surface area contributed by atoms with Crippen molar-refractivity contribution in [2.24, 2.45) is 0 Å². The summed E-state index contributed by atoms with van der Waals surface area (Å²) >= 11 is 0. The molecule has 1 aliphatic heterocycles. The summed E-state index contributed by atoms with van der Waals surface area (Å²) in [6.07, 6.45) is 17.9. The number of carbonyl (C=O) groups is 2. The van der Waals surface area contributed by atoms with Gasteiger partial charge in [0.2, 0.25) is 5.91 Å². The van der Waals surface area contributed by atoms with Gasteiger partial charge in [-0.05, 0) is 37.8 Å². The fraction of sp³-hybridized carbons (Fsp3) is 0.750. The molecule has 39 heavy (non-hydrogen) atoms. The molecule has 0 aliphatic carbocycles. The normalized spacial score (nSPS) is 15.3. The number of sulfone groups is 1. The molecule has 7 heteroatoms. The van der Waals surface area contributed by atoms with Crippen LogP contribution in [0.5, 0.6) is 0 Å². The van der Waals surface area contributed by atoms with Gasteiger partial charge in [0, 0.05) is 26.4 Å². The van der Waals surface area contributed by atoms with E-state index >= 15 is 0 Å². The Balaban J connectivity index is 1.89. The summed E-state index contributed by atoms with van der Waals surface area (Å²) in [6.45, 7) is 5.06. The molecular formula is C32H53NO5S. The van der Waals surface area contributed by atoms with E-state index in [1.807, 2.05) is 4.90 Å². The highest BCUT2D eigenvalue weighted by Crippen LogP contribution is 2.28. The van der Waals surface area contributed by atoms with E-state index in [1.54, 1.807) is 30.3 Å². The van der Waals surface area contributed by atoms with Gasteiger partial charge in [-0.2, -0.15) is 0 Å². The second-order valence-electron chi connectivity index (χ2n) is 11.2. The van der Waals surface area contributed by atoms with Crippen LogP contribution in [0.1, 0.15) is 129 Å². The molecule has 0 saturated carbocycles. The summed E-state index contributed by atoms with van der Waals surface area (Å²) < 4.78 is 33.0. The first-order valence-corrected chi connectivity index (χ1v) is 17.1. The van der Waals surface area contributed by atoms with Crippen LogP contribution in [-0.4, -0.2) is 49.6 Å². The minimum atomic E-state index is -3.73. The van der Waals surface area contributed by atoms with E-state index in [0.717, 1.165) is 45.2 Å². The minimum Gasteiger partial charge on any atom is -0.461 e. The van der Waals surface area contributed by atoms with Gasteiger partial charge in [0.15, 0.2) is 9.84 Å². The predicted octanol–water partition coefficient (Wildman–Crippen LogP) is 7.64. The summed E-state index contributed by atoms with van der Waals surface area (Å²) in [7, 11) is -3.73. The Kier molecular flexibility index (Phi) is 16.4. The Morgan fingerprint density at radius 2 is 1.31 bits per heavy atom. The molecule has 1 aromatic rings. The van der Waals surface area contributed by atoms with Gasteiger partial charge in [-0.3, -0.25) is 9.59 Å². The van der Waals surface area contributed by atoms with E-state index in [2.05, 4.69) is 6.92 Å². The zero-order valence-electron chi connectivity index (χ0n) is 24.6. The van der Waals surface area contributed by atoms with Gasteiger partial charge in [0.1, 0.15) is 11.4 Å². The molecule has 0 radical (unpaired) electrons. The van der Waals surface area contributed by atoms with E-state index in [-0.39, 0.29) is 23.6 Å². The third-order valence-electron chi connectivity index (χ3n) is 7.90. The van der Waals surface area contributed by atoms with Crippen molar-refractivity contribution < 1.29 is 22.7 Å². The molecule has 1 amide bonds. The second kappa shape index (κ2) is 19.2. The van der Waals surface area contributed by atoms with Crippen LogP contribution in [0.15, 0.2) is 35.2 Å². The maximum Gasteiger partial charge on any atom is 0.302 e. The van der Waals surface area contributed by atoms with Crippen LogP contribution in [0.4, 0.5) is 0 Å². The number of benzene rings is 1. The SMILES string of the molecule is CCCCCCCCCCCCCCCC(C(CCC(=O)N1CCCC1)OC(C)=O)S(=O)(=O)c1ccccc1. The summed E-state index contributed by atoms with van der Waals surface area (Å²) in [5, 5.41) is -0.858. The first kappa shape index (κ1) is 33.3. The minimum absolute atomic E-state index is 0.0153. The second-order valence-corrected chi connectivity index (χ2v) is 13.4. The van der Waals surface area contributed by atoms with Crippen molar-refractivity contribution >= 4 is 21.7 Å². The highest BCUT2D eigenvalue weighted by Gasteiger charge is 2.37. The number of unbranched alkanes of at least 4 members (excludes halogenated alkanes) is 12. The van der Waals surface area contributed by atoms with Crippen LogP contribution >= 0.6 is 0 Å². The lowest BCUT2D eigenvalue weighted by atomic mass is 10.0. The first-order chi connectivity index (χ1) is 18.9. The average molecular weight is 564 g/mol. The fourth-order valence-corrected chi connectivity index (χ4v) is 7.57.